The molecule has 0 spiro atoms. The average molecular weight is 260 g/mol. The zero-order valence-electron chi connectivity index (χ0n) is 11.6. The lowest BCUT2D eigenvalue weighted by Crippen LogP contribution is -2.61. The highest BCUT2D eigenvalue weighted by Crippen LogP contribution is 2.38. The quantitative estimate of drug-likeness (QED) is 0.242. The second kappa shape index (κ2) is 6.71. The smallest absolute Gasteiger partial charge is 0.180 e. The van der Waals surface area contributed by atoms with Gasteiger partial charge in [-0.2, -0.15) is 5.01 Å². The normalized spacial score (nSPS) is 23.4. The van der Waals surface area contributed by atoms with Crippen LogP contribution in [-0.2, 0) is 0 Å². The first-order valence-corrected chi connectivity index (χ1v) is 7.41. The van der Waals surface area contributed by atoms with Gasteiger partial charge < -0.3 is 0 Å². The lowest BCUT2D eigenvalue weighted by Gasteiger charge is -2.46. The molecule has 0 heterocycles. The number of hydrogen-bond acceptors (Lipinski definition) is 4. The first-order valence-electron chi connectivity index (χ1n) is 6.57. The number of nitroso groups, excluding NO2 is 1. The highest BCUT2D eigenvalue weighted by atomic mass is 32.2. The Morgan fingerprint density at radius 2 is 1.94 bits per heavy atom. The maximum Gasteiger partial charge on any atom is 0.180 e. The van der Waals surface area contributed by atoms with E-state index in [1.165, 1.54) is 44.1 Å². The van der Waals surface area contributed by atoms with E-state index < -0.39 is 0 Å². The molecule has 17 heavy (non-hydrogen) atoms. The van der Waals surface area contributed by atoms with E-state index in [4.69, 9.17) is 0 Å². The molecule has 0 N–H and O–H groups in total. The molecule has 1 aliphatic rings. The maximum absolute atomic E-state index is 10.7. The SMILES string of the molecule is CC[N+](C)(C(SN=O)C1CCCCC1)N(C)C. The van der Waals surface area contributed by atoms with E-state index in [9.17, 15) is 4.91 Å². The fraction of sp³-hybridized carbons (Fsp3) is 1.00. The van der Waals surface area contributed by atoms with Gasteiger partial charge in [-0.1, -0.05) is 19.3 Å². The lowest BCUT2D eigenvalue weighted by atomic mass is 9.88. The maximum atomic E-state index is 10.7. The minimum absolute atomic E-state index is 0.271. The second-order valence-electron chi connectivity index (χ2n) is 5.35. The molecule has 5 heteroatoms. The van der Waals surface area contributed by atoms with Gasteiger partial charge in [0, 0.05) is 24.6 Å². The third kappa shape index (κ3) is 3.42. The Kier molecular flexibility index (Phi) is 5.89. The minimum Gasteiger partial charge on any atom is -0.234 e. The molecule has 0 aromatic rings. The Hall–Kier alpha value is -0.130. The number of rotatable bonds is 6. The zero-order chi connectivity index (χ0) is 12.9. The van der Waals surface area contributed by atoms with Crippen LogP contribution < -0.4 is 0 Å². The van der Waals surface area contributed by atoms with Crippen molar-refractivity contribution in [1.82, 2.24) is 5.01 Å². The summed E-state index contributed by atoms with van der Waals surface area (Å²) in [6.07, 6.45) is 6.44. The van der Waals surface area contributed by atoms with Crippen LogP contribution in [0.1, 0.15) is 39.0 Å². The van der Waals surface area contributed by atoms with Crippen LogP contribution in [0.4, 0.5) is 0 Å². The van der Waals surface area contributed by atoms with Gasteiger partial charge in [0.25, 0.3) is 0 Å². The van der Waals surface area contributed by atoms with Gasteiger partial charge in [-0.05, 0) is 19.8 Å². The molecule has 1 aliphatic carbocycles. The molecule has 0 aromatic heterocycles. The number of quaternary nitrogens is 1. The summed E-state index contributed by atoms with van der Waals surface area (Å²) in [4.78, 5) is 10.7. The van der Waals surface area contributed by atoms with Crippen LogP contribution in [0.25, 0.3) is 0 Å². The van der Waals surface area contributed by atoms with Crippen LogP contribution in [0.15, 0.2) is 4.58 Å². The monoisotopic (exact) mass is 260 g/mol. The van der Waals surface area contributed by atoms with Gasteiger partial charge in [0.1, 0.15) is 0 Å². The van der Waals surface area contributed by atoms with E-state index in [1.54, 1.807) is 0 Å². The Bertz CT molecular complexity index is 244. The third-order valence-corrected chi connectivity index (χ3v) is 5.45. The largest absolute Gasteiger partial charge is 0.234 e. The first kappa shape index (κ1) is 14.9. The van der Waals surface area contributed by atoms with Crippen molar-refractivity contribution >= 4 is 11.9 Å². The van der Waals surface area contributed by atoms with Crippen molar-refractivity contribution in [2.75, 3.05) is 27.7 Å². The van der Waals surface area contributed by atoms with Crippen molar-refractivity contribution in [1.29, 1.82) is 0 Å². The summed E-state index contributed by atoms with van der Waals surface area (Å²) in [6, 6.07) is 0. The van der Waals surface area contributed by atoms with E-state index >= 15 is 0 Å². The molecule has 0 radical (unpaired) electrons. The van der Waals surface area contributed by atoms with E-state index in [2.05, 4.69) is 37.7 Å². The van der Waals surface area contributed by atoms with Crippen molar-refractivity contribution in [2.24, 2.45) is 10.5 Å². The van der Waals surface area contributed by atoms with Crippen molar-refractivity contribution in [3.05, 3.63) is 4.91 Å². The van der Waals surface area contributed by atoms with Gasteiger partial charge in [0.2, 0.25) is 0 Å². The summed E-state index contributed by atoms with van der Waals surface area (Å²) < 4.78 is 3.92. The molecular weight excluding hydrogens is 234 g/mol. The van der Waals surface area contributed by atoms with E-state index in [0.29, 0.717) is 5.92 Å². The molecule has 0 aliphatic heterocycles. The Labute approximate surface area is 109 Å². The predicted molar refractivity (Wildman–Crippen MR) is 74.2 cm³/mol. The molecule has 1 fully saturated rings. The van der Waals surface area contributed by atoms with Crippen molar-refractivity contribution in [3.63, 3.8) is 0 Å². The van der Waals surface area contributed by atoms with E-state index in [-0.39, 0.29) is 5.37 Å². The van der Waals surface area contributed by atoms with Gasteiger partial charge in [-0.25, -0.2) is 4.59 Å². The summed E-state index contributed by atoms with van der Waals surface area (Å²) >= 11 is 1.24. The molecule has 0 amide bonds. The van der Waals surface area contributed by atoms with Crippen LogP contribution in [0.2, 0.25) is 0 Å². The van der Waals surface area contributed by atoms with Crippen molar-refractivity contribution < 1.29 is 4.59 Å². The third-order valence-electron chi connectivity index (χ3n) is 4.31. The highest BCUT2D eigenvalue weighted by molar-refractivity contribution is 7.98. The predicted octanol–water partition coefficient (Wildman–Crippen LogP) is 3.25. The Balaban J connectivity index is 2.84. The molecule has 0 aromatic carbocycles. The summed E-state index contributed by atoms with van der Waals surface area (Å²) in [7, 11) is 6.38. The molecule has 1 saturated carbocycles. The summed E-state index contributed by atoms with van der Waals surface area (Å²) in [5.74, 6) is 0.624. The molecule has 0 bridgehead atoms. The topological polar surface area (TPSA) is 32.7 Å². The van der Waals surface area contributed by atoms with Gasteiger partial charge in [-0.3, -0.25) is 0 Å². The zero-order valence-corrected chi connectivity index (χ0v) is 12.4. The summed E-state index contributed by atoms with van der Waals surface area (Å²) in [6.45, 7) is 3.18. The number of hydrogen-bond donors (Lipinski definition) is 0. The molecular formula is C12H26N3OS+. The average Bonchev–Trinajstić information content (AvgIpc) is 2.36. The van der Waals surface area contributed by atoms with Crippen LogP contribution in [0.3, 0.4) is 0 Å². The molecule has 4 nitrogen and oxygen atoms in total. The molecule has 2 atom stereocenters. The molecule has 0 saturated heterocycles. The molecule has 2 unspecified atom stereocenters. The standard InChI is InChI=1S/C12H26N3OS/c1-5-15(4,14(2)3)12(17-13-16)11-9-7-6-8-10-11/h11-12H,5-10H2,1-4H3/q+1. The van der Waals surface area contributed by atoms with E-state index in [0.717, 1.165) is 11.1 Å². The second-order valence-corrected chi connectivity index (χ2v) is 6.19. The lowest BCUT2D eigenvalue weighted by molar-refractivity contribution is -1.02. The van der Waals surface area contributed by atoms with Crippen LogP contribution in [0.5, 0.6) is 0 Å². The number of nitrogens with zero attached hydrogens (tertiary/aromatic N) is 3. The van der Waals surface area contributed by atoms with Crippen LogP contribution in [-0.4, -0.2) is 42.7 Å². The fourth-order valence-corrected chi connectivity index (χ4v) is 3.87. The van der Waals surface area contributed by atoms with Crippen LogP contribution >= 0.6 is 11.9 Å². The van der Waals surface area contributed by atoms with Gasteiger partial charge in [0.15, 0.2) is 5.37 Å². The highest BCUT2D eigenvalue weighted by Gasteiger charge is 2.41. The minimum atomic E-state index is 0.271. The fourth-order valence-electron chi connectivity index (χ4n) is 2.80. The summed E-state index contributed by atoms with van der Waals surface area (Å²) in [5.41, 5.74) is 0. The Morgan fingerprint density at radius 1 is 1.35 bits per heavy atom. The Morgan fingerprint density at radius 3 is 2.35 bits per heavy atom. The van der Waals surface area contributed by atoms with Gasteiger partial charge in [0.05, 0.1) is 25.5 Å². The molecule has 100 valence electrons. The van der Waals surface area contributed by atoms with Gasteiger partial charge >= 0.3 is 0 Å². The summed E-state index contributed by atoms with van der Waals surface area (Å²) in [5, 5.41) is 2.48. The molecule has 1 rings (SSSR count). The van der Waals surface area contributed by atoms with Crippen LogP contribution in [0, 0.1) is 10.8 Å². The van der Waals surface area contributed by atoms with Gasteiger partial charge in [-0.15, -0.1) is 4.91 Å². The van der Waals surface area contributed by atoms with Crippen molar-refractivity contribution in [2.45, 2.75) is 44.4 Å². The first-order chi connectivity index (χ1) is 8.06. The van der Waals surface area contributed by atoms with Crippen molar-refractivity contribution in [3.8, 4) is 0 Å². The van der Waals surface area contributed by atoms with E-state index in [1.807, 2.05) is 0 Å².